The van der Waals surface area contributed by atoms with Crippen molar-refractivity contribution in [1.82, 2.24) is 4.98 Å². The van der Waals surface area contributed by atoms with Crippen molar-refractivity contribution in [3.63, 3.8) is 0 Å². The number of rotatable bonds is 2. The summed E-state index contributed by atoms with van der Waals surface area (Å²) in [6.07, 6.45) is 1.84. The van der Waals surface area contributed by atoms with E-state index in [0.29, 0.717) is 0 Å². The van der Waals surface area contributed by atoms with Crippen LogP contribution in [0.15, 0.2) is 59.6 Å². The molecule has 17 heavy (non-hydrogen) atoms. The average Bonchev–Trinajstić information content (AvgIpc) is 2.80. The van der Waals surface area contributed by atoms with Gasteiger partial charge in [-0.2, -0.15) is 0 Å². The predicted octanol–water partition coefficient (Wildman–Crippen LogP) is 4.05. The van der Waals surface area contributed by atoms with Crippen molar-refractivity contribution in [1.29, 1.82) is 0 Å². The zero-order valence-corrected chi connectivity index (χ0v) is 9.89. The van der Waals surface area contributed by atoms with Crippen LogP contribution in [0.4, 0.5) is 5.13 Å². The molecule has 1 aromatic heterocycles. The molecule has 0 fully saturated rings. The normalized spacial score (nSPS) is 11.3. The highest BCUT2D eigenvalue weighted by atomic mass is 32.1. The summed E-state index contributed by atoms with van der Waals surface area (Å²) in [6.45, 7) is 0. The first-order chi connectivity index (χ1) is 8.42. The van der Waals surface area contributed by atoms with Crippen molar-refractivity contribution in [3.8, 4) is 0 Å². The van der Waals surface area contributed by atoms with Gasteiger partial charge in [0.25, 0.3) is 0 Å². The molecule has 0 saturated carbocycles. The third-order valence-electron chi connectivity index (χ3n) is 2.41. The fraction of sp³-hybridized carbons (Fsp3) is 0. The SMILES string of the molecule is C(=N\c1nc2ccccc2s1)/c1ccccc1. The van der Waals surface area contributed by atoms with E-state index in [-0.39, 0.29) is 0 Å². The first-order valence-corrected chi connectivity index (χ1v) is 6.18. The van der Waals surface area contributed by atoms with Gasteiger partial charge >= 0.3 is 0 Å². The van der Waals surface area contributed by atoms with Gasteiger partial charge < -0.3 is 0 Å². The number of aromatic nitrogens is 1. The van der Waals surface area contributed by atoms with Gasteiger partial charge in [0, 0.05) is 6.21 Å². The van der Waals surface area contributed by atoms with Crippen LogP contribution in [-0.2, 0) is 0 Å². The van der Waals surface area contributed by atoms with Gasteiger partial charge in [0.2, 0.25) is 5.13 Å². The number of thiazole rings is 1. The molecule has 0 aliphatic carbocycles. The van der Waals surface area contributed by atoms with Crippen LogP contribution in [0.5, 0.6) is 0 Å². The molecule has 0 aliphatic rings. The topological polar surface area (TPSA) is 25.2 Å². The molecule has 0 unspecified atom stereocenters. The molecule has 0 spiro atoms. The van der Waals surface area contributed by atoms with Gasteiger partial charge in [-0.1, -0.05) is 53.8 Å². The van der Waals surface area contributed by atoms with E-state index in [4.69, 9.17) is 0 Å². The summed E-state index contributed by atoms with van der Waals surface area (Å²) in [5.74, 6) is 0. The van der Waals surface area contributed by atoms with Crippen molar-refractivity contribution >= 4 is 32.9 Å². The minimum Gasteiger partial charge on any atom is -0.227 e. The van der Waals surface area contributed by atoms with Gasteiger partial charge in [-0.25, -0.2) is 9.98 Å². The first kappa shape index (κ1) is 10.2. The third-order valence-corrected chi connectivity index (χ3v) is 3.35. The third kappa shape index (κ3) is 2.24. The lowest BCUT2D eigenvalue weighted by atomic mass is 10.2. The Hall–Kier alpha value is -2.00. The second-order valence-corrected chi connectivity index (χ2v) is 4.64. The van der Waals surface area contributed by atoms with Gasteiger partial charge in [-0.3, -0.25) is 0 Å². The van der Waals surface area contributed by atoms with Crippen molar-refractivity contribution in [2.75, 3.05) is 0 Å². The molecule has 1 heterocycles. The Morgan fingerprint density at radius 2 is 1.71 bits per heavy atom. The van der Waals surface area contributed by atoms with Crippen LogP contribution in [-0.4, -0.2) is 11.2 Å². The molecule has 0 amide bonds. The molecule has 3 rings (SSSR count). The maximum Gasteiger partial charge on any atom is 0.210 e. The summed E-state index contributed by atoms with van der Waals surface area (Å²) in [4.78, 5) is 8.84. The molecule has 0 radical (unpaired) electrons. The quantitative estimate of drug-likeness (QED) is 0.618. The molecule has 0 N–H and O–H groups in total. The second-order valence-electron chi connectivity index (χ2n) is 3.63. The predicted molar refractivity (Wildman–Crippen MR) is 73.3 cm³/mol. The summed E-state index contributed by atoms with van der Waals surface area (Å²) in [5, 5.41) is 0.801. The highest BCUT2D eigenvalue weighted by Gasteiger charge is 1.99. The Morgan fingerprint density at radius 3 is 2.53 bits per heavy atom. The van der Waals surface area contributed by atoms with Crippen LogP contribution in [0.1, 0.15) is 5.56 Å². The number of benzene rings is 2. The molecule has 2 nitrogen and oxygen atoms in total. The number of hydrogen-bond acceptors (Lipinski definition) is 3. The molecule has 2 aromatic carbocycles. The summed E-state index contributed by atoms with van der Waals surface area (Å²) in [6, 6.07) is 18.1. The monoisotopic (exact) mass is 238 g/mol. The van der Waals surface area contributed by atoms with E-state index in [1.54, 1.807) is 11.3 Å². The van der Waals surface area contributed by atoms with Gasteiger partial charge in [-0.05, 0) is 17.7 Å². The minimum absolute atomic E-state index is 0.801. The van der Waals surface area contributed by atoms with E-state index in [9.17, 15) is 0 Å². The minimum atomic E-state index is 0.801. The first-order valence-electron chi connectivity index (χ1n) is 5.36. The van der Waals surface area contributed by atoms with E-state index in [0.717, 1.165) is 16.2 Å². The summed E-state index contributed by atoms with van der Waals surface area (Å²) in [7, 11) is 0. The lowest BCUT2D eigenvalue weighted by Crippen LogP contribution is -1.77. The number of nitrogens with zero attached hydrogens (tertiary/aromatic N) is 2. The molecular formula is C14H10N2S. The number of para-hydroxylation sites is 1. The largest absolute Gasteiger partial charge is 0.227 e. The fourth-order valence-electron chi connectivity index (χ4n) is 1.58. The zero-order chi connectivity index (χ0) is 11.5. The molecule has 82 valence electrons. The van der Waals surface area contributed by atoms with E-state index in [1.165, 1.54) is 4.70 Å². The Morgan fingerprint density at radius 1 is 0.941 bits per heavy atom. The van der Waals surface area contributed by atoms with Crippen molar-refractivity contribution in [3.05, 3.63) is 60.2 Å². The second kappa shape index (κ2) is 4.47. The van der Waals surface area contributed by atoms with Crippen LogP contribution in [0.3, 0.4) is 0 Å². The molecule has 0 aliphatic heterocycles. The van der Waals surface area contributed by atoms with Crippen molar-refractivity contribution < 1.29 is 0 Å². The lowest BCUT2D eigenvalue weighted by Gasteiger charge is -1.88. The van der Waals surface area contributed by atoms with E-state index >= 15 is 0 Å². The number of fused-ring (bicyclic) bond motifs is 1. The number of hydrogen-bond donors (Lipinski definition) is 0. The molecular weight excluding hydrogens is 228 g/mol. The van der Waals surface area contributed by atoms with Crippen LogP contribution >= 0.6 is 11.3 Å². The van der Waals surface area contributed by atoms with Crippen LogP contribution in [0, 0.1) is 0 Å². The Bertz CT molecular complexity index is 623. The van der Waals surface area contributed by atoms with Crippen molar-refractivity contribution in [2.24, 2.45) is 4.99 Å². The van der Waals surface area contributed by atoms with E-state index < -0.39 is 0 Å². The molecule has 3 aromatic rings. The van der Waals surface area contributed by atoms with Crippen LogP contribution in [0.2, 0.25) is 0 Å². The maximum atomic E-state index is 4.45. The van der Waals surface area contributed by atoms with E-state index in [1.807, 2.05) is 54.7 Å². The molecule has 0 saturated heterocycles. The standard InChI is InChI=1S/C14H10N2S/c1-2-6-11(7-3-1)10-15-14-16-12-8-4-5-9-13(12)17-14/h1-10H/b15-10+. The van der Waals surface area contributed by atoms with Crippen LogP contribution < -0.4 is 0 Å². The Kier molecular flexibility index (Phi) is 2.68. The highest BCUT2D eigenvalue weighted by Crippen LogP contribution is 2.27. The zero-order valence-electron chi connectivity index (χ0n) is 9.08. The van der Waals surface area contributed by atoms with Gasteiger partial charge in [0.1, 0.15) is 0 Å². The fourth-order valence-corrected chi connectivity index (χ4v) is 2.40. The maximum absolute atomic E-state index is 4.45. The van der Waals surface area contributed by atoms with Gasteiger partial charge in [0.15, 0.2) is 0 Å². The Labute approximate surface area is 103 Å². The van der Waals surface area contributed by atoms with Crippen LogP contribution in [0.25, 0.3) is 10.2 Å². The van der Waals surface area contributed by atoms with Gasteiger partial charge in [-0.15, -0.1) is 0 Å². The average molecular weight is 238 g/mol. The molecule has 0 atom stereocenters. The highest BCUT2D eigenvalue weighted by molar-refractivity contribution is 7.22. The number of aliphatic imine (C=N–C) groups is 1. The summed E-state index contributed by atoms with van der Waals surface area (Å²) in [5.41, 5.74) is 2.10. The smallest absolute Gasteiger partial charge is 0.210 e. The van der Waals surface area contributed by atoms with E-state index in [2.05, 4.69) is 16.0 Å². The summed E-state index contributed by atoms with van der Waals surface area (Å²) < 4.78 is 1.17. The Balaban J connectivity index is 1.92. The van der Waals surface area contributed by atoms with Crippen molar-refractivity contribution in [2.45, 2.75) is 0 Å². The summed E-state index contributed by atoms with van der Waals surface area (Å²) >= 11 is 1.61. The molecule has 3 heteroatoms. The van der Waals surface area contributed by atoms with Gasteiger partial charge in [0.05, 0.1) is 10.2 Å². The molecule has 0 bridgehead atoms. The lowest BCUT2D eigenvalue weighted by molar-refractivity contribution is 1.41.